The quantitative estimate of drug-likeness (QED) is 0.413. The number of aliphatic imine (C=N–C) groups is 1. The van der Waals surface area contributed by atoms with E-state index in [0.717, 1.165) is 25.9 Å². The maximum absolute atomic E-state index is 12.6. The van der Waals surface area contributed by atoms with Gasteiger partial charge in [-0.1, -0.05) is 0 Å². The molecule has 0 saturated carbocycles. The van der Waals surface area contributed by atoms with E-state index >= 15 is 0 Å². The third-order valence-corrected chi connectivity index (χ3v) is 5.85. The predicted molar refractivity (Wildman–Crippen MR) is 98.9 cm³/mol. The van der Waals surface area contributed by atoms with Crippen LogP contribution in [0.25, 0.3) is 0 Å². The molecule has 0 amide bonds. The molecule has 1 fully saturated rings. The zero-order chi connectivity index (χ0) is 17.9. The molecule has 1 saturated heterocycles. The molecule has 4 N–H and O–H groups in total. The number of nitrogens with one attached hydrogen (secondary N) is 2. The summed E-state index contributed by atoms with van der Waals surface area (Å²) in [5.41, 5.74) is 6.13. The Morgan fingerprint density at radius 2 is 2.04 bits per heavy atom. The molecule has 136 valence electrons. The third-order valence-electron chi connectivity index (χ3n) is 4.50. The molecule has 0 unspecified atom stereocenters. The van der Waals surface area contributed by atoms with Gasteiger partial charge in [0, 0.05) is 23.9 Å². The molecule has 3 rings (SSSR count). The van der Waals surface area contributed by atoms with Crippen LogP contribution in [0.15, 0.2) is 39.3 Å². The largest absolute Gasteiger partial charge is 0.399 e. The average Bonchev–Trinajstić information content (AvgIpc) is 2.99. The lowest BCUT2D eigenvalue weighted by atomic mass is 9.81. The van der Waals surface area contributed by atoms with E-state index in [4.69, 9.17) is 5.73 Å². The second-order valence-corrected chi connectivity index (χ2v) is 8.07. The van der Waals surface area contributed by atoms with Crippen molar-refractivity contribution in [2.45, 2.75) is 24.7 Å². The van der Waals surface area contributed by atoms with E-state index in [2.05, 4.69) is 20.1 Å². The van der Waals surface area contributed by atoms with Gasteiger partial charge in [-0.15, -0.1) is 0 Å². The van der Waals surface area contributed by atoms with Crippen LogP contribution >= 0.6 is 0 Å². The summed E-state index contributed by atoms with van der Waals surface area (Å²) < 4.78 is 27.8. The van der Waals surface area contributed by atoms with Crippen LogP contribution in [-0.2, 0) is 10.0 Å². The Balaban J connectivity index is 1.77. The Labute approximate surface area is 148 Å². The highest BCUT2D eigenvalue weighted by Crippen LogP contribution is 2.32. The number of nitrogens with zero attached hydrogens (tertiary/aromatic N) is 3. The van der Waals surface area contributed by atoms with E-state index in [1.54, 1.807) is 17.1 Å². The van der Waals surface area contributed by atoms with E-state index in [1.165, 1.54) is 12.1 Å². The predicted octanol–water partition coefficient (Wildman–Crippen LogP) is 0.594. The lowest BCUT2D eigenvalue weighted by molar-refractivity contribution is 0.265. The highest BCUT2D eigenvalue weighted by Gasteiger charge is 2.38. The molecular weight excluding hydrogens is 340 g/mol. The summed E-state index contributed by atoms with van der Waals surface area (Å²) >= 11 is 0. The monoisotopic (exact) mass is 364 g/mol. The summed E-state index contributed by atoms with van der Waals surface area (Å²) in [6.45, 7) is 4.84. The van der Waals surface area contributed by atoms with Gasteiger partial charge in [0.2, 0.25) is 5.96 Å². The van der Waals surface area contributed by atoms with Crippen LogP contribution in [0.4, 0.5) is 5.69 Å². The first-order valence-electron chi connectivity index (χ1n) is 8.40. The first-order chi connectivity index (χ1) is 11.9. The van der Waals surface area contributed by atoms with E-state index in [1.807, 2.05) is 13.1 Å². The molecule has 0 radical (unpaired) electrons. The number of hydrazone groups is 1. The number of benzene rings is 1. The summed E-state index contributed by atoms with van der Waals surface area (Å²) in [6.07, 6.45) is 3.91. The van der Waals surface area contributed by atoms with Crippen LogP contribution in [0.2, 0.25) is 0 Å². The van der Waals surface area contributed by atoms with Crippen LogP contribution in [0.1, 0.15) is 19.8 Å². The summed E-state index contributed by atoms with van der Waals surface area (Å²) in [5.74, 6) is 0.256. The number of guanidine groups is 1. The Morgan fingerprint density at radius 1 is 1.36 bits per heavy atom. The molecule has 8 nitrogen and oxygen atoms in total. The molecule has 9 heteroatoms. The van der Waals surface area contributed by atoms with Gasteiger partial charge in [0.1, 0.15) is 0 Å². The minimum Gasteiger partial charge on any atom is -0.399 e. The average molecular weight is 364 g/mol. The van der Waals surface area contributed by atoms with Crippen LogP contribution in [-0.4, -0.2) is 51.8 Å². The molecule has 2 heterocycles. The molecule has 1 aromatic rings. The topological polar surface area (TPSA) is 112 Å². The molecule has 0 aromatic heterocycles. The fourth-order valence-electron chi connectivity index (χ4n) is 3.06. The van der Waals surface area contributed by atoms with Crippen molar-refractivity contribution < 1.29 is 8.42 Å². The number of piperidine rings is 1. The Morgan fingerprint density at radius 3 is 2.68 bits per heavy atom. The van der Waals surface area contributed by atoms with E-state index in [9.17, 15) is 8.42 Å². The van der Waals surface area contributed by atoms with Crippen molar-refractivity contribution in [1.82, 2.24) is 15.0 Å². The highest BCUT2D eigenvalue weighted by molar-refractivity contribution is 7.90. The first kappa shape index (κ1) is 17.7. The SMILES string of the molecule is CCN=C(NS(=O)(=O)c1ccc(N)cc1)N1CC2(C=N1)CCNCC2. The summed E-state index contributed by atoms with van der Waals surface area (Å²) in [4.78, 5) is 4.45. The summed E-state index contributed by atoms with van der Waals surface area (Å²) in [6, 6.07) is 6.07. The molecule has 1 spiro atoms. The number of anilines is 1. The van der Waals surface area contributed by atoms with Crippen LogP contribution in [0.3, 0.4) is 0 Å². The number of hydrogen-bond donors (Lipinski definition) is 3. The number of nitrogen functional groups attached to an aromatic ring is 1. The highest BCUT2D eigenvalue weighted by atomic mass is 32.2. The Bertz CT molecular complexity index is 766. The van der Waals surface area contributed by atoms with Crippen molar-refractivity contribution in [2.75, 3.05) is 31.9 Å². The van der Waals surface area contributed by atoms with E-state index in [0.29, 0.717) is 18.8 Å². The lowest BCUT2D eigenvalue weighted by Crippen LogP contribution is -2.45. The molecule has 0 atom stereocenters. The molecule has 0 bridgehead atoms. The van der Waals surface area contributed by atoms with Gasteiger partial charge in [0.15, 0.2) is 0 Å². The number of hydrogen-bond acceptors (Lipinski definition) is 6. The summed E-state index contributed by atoms with van der Waals surface area (Å²) in [7, 11) is -3.74. The van der Waals surface area contributed by atoms with Crippen LogP contribution in [0.5, 0.6) is 0 Å². The zero-order valence-electron chi connectivity index (χ0n) is 14.3. The molecule has 2 aliphatic heterocycles. The molecule has 25 heavy (non-hydrogen) atoms. The molecule has 2 aliphatic rings. The molecular formula is C16H24N6O2S. The first-order valence-corrected chi connectivity index (χ1v) is 9.89. The Kier molecular flexibility index (Phi) is 4.96. The zero-order valence-corrected chi connectivity index (χ0v) is 15.1. The summed E-state index contributed by atoms with van der Waals surface area (Å²) in [5, 5.41) is 9.42. The van der Waals surface area contributed by atoms with Crippen LogP contribution < -0.4 is 15.8 Å². The Hall–Kier alpha value is -2.13. The van der Waals surface area contributed by atoms with Gasteiger partial charge in [-0.3, -0.25) is 4.99 Å². The van der Waals surface area contributed by atoms with Crippen molar-refractivity contribution in [3.05, 3.63) is 24.3 Å². The van der Waals surface area contributed by atoms with Gasteiger partial charge in [0.05, 0.1) is 11.4 Å². The van der Waals surface area contributed by atoms with Crippen molar-refractivity contribution >= 4 is 27.9 Å². The van der Waals surface area contributed by atoms with Crippen molar-refractivity contribution in [3.63, 3.8) is 0 Å². The fraction of sp³-hybridized carbons (Fsp3) is 0.500. The molecule has 0 aliphatic carbocycles. The second kappa shape index (κ2) is 7.01. The smallest absolute Gasteiger partial charge is 0.264 e. The maximum Gasteiger partial charge on any atom is 0.264 e. The number of sulfonamides is 1. The van der Waals surface area contributed by atoms with Gasteiger partial charge in [0.25, 0.3) is 10.0 Å². The molecule has 1 aromatic carbocycles. The van der Waals surface area contributed by atoms with Crippen molar-refractivity contribution in [1.29, 1.82) is 0 Å². The lowest BCUT2D eigenvalue weighted by Gasteiger charge is -2.32. The number of nitrogens with two attached hydrogens (primary N) is 1. The van der Waals surface area contributed by atoms with Gasteiger partial charge in [-0.2, -0.15) is 5.10 Å². The minimum absolute atomic E-state index is 0.00754. The third kappa shape index (κ3) is 3.93. The number of rotatable bonds is 3. The van der Waals surface area contributed by atoms with Gasteiger partial charge in [-0.25, -0.2) is 18.1 Å². The van der Waals surface area contributed by atoms with Crippen molar-refractivity contribution in [2.24, 2.45) is 15.5 Å². The van der Waals surface area contributed by atoms with Gasteiger partial charge in [-0.05, 0) is 57.1 Å². The van der Waals surface area contributed by atoms with E-state index in [-0.39, 0.29) is 16.3 Å². The maximum atomic E-state index is 12.6. The van der Waals surface area contributed by atoms with Crippen LogP contribution in [0, 0.1) is 5.41 Å². The van der Waals surface area contributed by atoms with E-state index < -0.39 is 10.0 Å². The van der Waals surface area contributed by atoms with Gasteiger partial charge >= 0.3 is 0 Å². The fourth-order valence-corrected chi connectivity index (χ4v) is 4.08. The van der Waals surface area contributed by atoms with Gasteiger partial charge < -0.3 is 11.1 Å². The normalized spacial score (nSPS) is 20.2. The van der Waals surface area contributed by atoms with Crippen molar-refractivity contribution in [3.8, 4) is 0 Å². The second-order valence-electron chi connectivity index (χ2n) is 6.39. The standard InChI is InChI=1S/C16H24N6O2S/c1-2-19-15(21-25(23,24)14-5-3-13(17)4-6-14)22-12-16(11-20-22)7-9-18-10-8-16/h3-6,11,18H,2,7-10,12,17H2,1H3,(H,19,21). The minimum atomic E-state index is -3.74.